The van der Waals surface area contributed by atoms with Gasteiger partial charge in [0.2, 0.25) is 0 Å². The number of nitrogens with one attached hydrogen (secondary N) is 2. The number of hydrogen-bond donors (Lipinski definition) is 3. The van der Waals surface area contributed by atoms with E-state index in [-0.39, 0.29) is 18.2 Å². The Balaban J connectivity index is 2.16. The quantitative estimate of drug-likeness (QED) is 0.705. The van der Waals surface area contributed by atoms with E-state index in [1.54, 1.807) is 0 Å². The number of carbonyl (C=O) groups excluding carboxylic acids is 1. The fourth-order valence-electron chi connectivity index (χ4n) is 2.57. The minimum absolute atomic E-state index is 0.192. The van der Waals surface area contributed by atoms with E-state index >= 15 is 0 Å². The summed E-state index contributed by atoms with van der Waals surface area (Å²) in [5.74, 6) is 0. The van der Waals surface area contributed by atoms with Crippen molar-refractivity contribution < 1.29 is 14.6 Å². The van der Waals surface area contributed by atoms with Gasteiger partial charge < -0.3 is 20.5 Å². The average molecular weight is 300 g/mol. The van der Waals surface area contributed by atoms with Gasteiger partial charge in [-0.2, -0.15) is 0 Å². The molecule has 3 N–H and O–H groups in total. The van der Waals surface area contributed by atoms with Gasteiger partial charge in [-0.25, -0.2) is 4.79 Å². The second-order valence-corrected chi connectivity index (χ2v) is 7.00. The molecule has 1 aliphatic rings. The summed E-state index contributed by atoms with van der Waals surface area (Å²) >= 11 is 0. The minimum Gasteiger partial charge on any atom is -0.444 e. The largest absolute Gasteiger partial charge is 0.444 e. The van der Waals surface area contributed by atoms with Crippen LogP contribution in [0.3, 0.4) is 0 Å². The van der Waals surface area contributed by atoms with Gasteiger partial charge in [0.1, 0.15) is 5.60 Å². The van der Waals surface area contributed by atoms with Crippen LogP contribution in [0.1, 0.15) is 66.2 Å². The molecule has 0 aromatic heterocycles. The summed E-state index contributed by atoms with van der Waals surface area (Å²) in [7, 11) is 0. The molecular formula is C16H32N2O3. The molecule has 21 heavy (non-hydrogen) atoms. The zero-order valence-electron chi connectivity index (χ0n) is 13.9. The van der Waals surface area contributed by atoms with E-state index < -0.39 is 5.60 Å². The number of rotatable bonds is 6. The first-order chi connectivity index (χ1) is 9.80. The first kappa shape index (κ1) is 18.2. The lowest BCUT2D eigenvalue weighted by Gasteiger charge is -2.30. The Morgan fingerprint density at radius 2 is 1.81 bits per heavy atom. The third-order valence-electron chi connectivity index (χ3n) is 3.83. The van der Waals surface area contributed by atoms with Crippen molar-refractivity contribution in [2.24, 2.45) is 0 Å². The van der Waals surface area contributed by atoms with Gasteiger partial charge in [0.25, 0.3) is 0 Å². The SMILES string of the molecule is CCC(O)CCNC1CCC(NC(=O)OC(C)(C)C)CC1. The maximum atomic E-state index is 11.7. The molecule has 0 radical (unpaired) electrons. The molecule has 1 saturated carbocycles. The predicted molar refractivity (Wildman–Crippen MR) is 84.3 cm³/mol. The molecule has 1 atom stereocenters. The van der Waals surface area contributed by atoms with Crippen LogP contribution in [-0.2, 0) is 4.74 Å². The summed E-state index contributed by atoms with van der Waals surface area (Å²) < 4.78 is 5.28. The van der Waals surface area contributed by atoms with Gasteiger partial charge in [0.05, 0.1) is 6.10 Å². The first-order valence-electron chi connectivity index (χ1n) is 8.21. The van der Waals surface area contributed by atoms with Crippen LogP contribution in [0.5, 0.6) is 0 Å². The van der Waals surface area contributed by atoms with Gasteiger partial charge in [-0.3, -0.25) is 0 Å². The number of ether oxygens (including phenoxy) is 1. The Morgan fingerprint density at radius 1 is 1.24 bits per heavy atom. The maximum absolute atomic E-state index is 11.7. The lowest BCUT2D eigenvalue weighted by Crippen LogP contribution is -2.44. The van der Waals surface area contributed by atoms with Crippen molar-refractivity contribution in [2.45, 2.75) is 90.0 Å². The summed E-state index contributed by atoms with van der Waals surface area (Å²) in [5.41, 5.74) is -0.442. The first-order valence-corrected chi connectivity index (χ1v) is 8.21. The molecule has 0 aromatic carbocycles. The Hall–Kier alpha value is -0.810. The summed E-state index contributed by atoms with van der Waals surface area (Å²) in [4.78, 5) is 11.7. The lowest BCUT2D eigenvalue weighted by molar-refractivity contribution is 0.0489. The van der Waals surface area contributed by atoms with E-state index in [9.17, 15) is 9.90 Å². The monoisotopic (exact) mass is 300 g/mol. The van der Waals surface area contributed by atoms with Gasteiger partial charge in [0.15, 0.2) is 0 Å². The smallest absolute Gasteiger partial charge is 0.407 e. The Morgan fingerprint density at radius 3 is 2.33 bits per heavy atom. The van der Waals surface area contributed by atoms with E-state index in [1.165, 1.54) is 0 Å². The van der Waals surface area contributed by atoms with Crippen LogP contribution in [0.25, 0.3) is 0 Å². The summed E-state index contributed by atoms with van der Waals surface area (Å²) in [6.45, 7) is 8.48. The van der Waals surface area contributed by atoms with Crippen LogP contribution in [0.4, 0.5) is 4.79 Å². The molecule has 5 nitrogen and oxygen atoms in total. The number of alkyl carbamates (subject to hydrolysis) is 1. The van der Waals surface area contributed by atoms with E-state index in [2.05, 4.69) is 10.6 Å². The molecule has 1 fully saturated rings. The second kappa shape index (κ2) is 8.59. The molecule has 1 rings (SSSR count). The van der Waals surface area contributed by atoms with Crippen molar-refractivity contribution >= 4 is 6.09 Å². The molecule has 0 spiro atoms. The predicted octanol–water partition coefficient (Wildman–Crippen LogP) is 2.57. The number of aliphatic hydroxyl groups excluding tert-OH is 1. The molecule has 1 amide bonds. The van der Waals surface area contributed by atoms with Gasteiger partial charge in [-0.1, -0.05) is 6.92 Å². The molecular weight excluding hydrogens is 268 g/mol. The van der Waals surface area contributed by atoms with Crippen LogP contribution in [-0.4, -0.2) is 41.5 Å². The second-order valence-electron chi connectivity index (χ2n) is 7.00. The lowest BCUT2D eigenvalue weighted by atomic mass is 9.91. The maximum Gasteiger partial charge on any atom is 0.407 e. The molecule has 124 valence electrons. The van der Waals surface area contributed by atoms with Crippen molar-refractivity contribution in [1.29, 1.82) is 0 Å². The molecule has 0 bridgehead atoms. The van der Waals surface area contributed by atoms with E-state index in [0.29, 0.717) is 6.04 Å². The summed E-state index contributed by atoms with van der Waals surface area (Å²) in [5, 5.41) is 16.0. The van der Waals surface area contributed by atoms with Crippen LogP contribution in [0.15, 0.2) is 0 Å². The van der Waals surface area contributed by atoms with Crippen LogP contribution < -0.4 is 10.6 Å². The zero-order valence-corrected chi connectivity index (χ0v) is 13.9. The summed E-state index contributed by atoms with van der Waals surface area (Å²) in [6.07, 6.45) is 5.19. The van der Waals surface area contributed by atoms with Gasteiger partial charge in [0, 0.05) is 12.1 Å². The average Bonchev–Trinajstić information content (AvgIpc) is 2.38. The van der Waals surface area contributed by atoms with E-state index in [4.69, 9.17) is 4.74 Å². The van der Waals surface area contributed by atoms with Crippen molar-refractivity contribution in [3.05, 3.63) is 0 Å². The Kier molecular flexibility index (Phi) is 7.46. The highest BCUT2D eigenvalue weighted by Gasteiger charge is 2.24. The standard InChI is InChI=1S/C16H32N2O3/c1-5-14(19)10-11-17-12-6-8-13(9-7-12)18-15(20)21-16(2,3)4/h12-14,17,19H,5-11H2,1-4H3,(H,18,20). The van der Waals surface area contributed by atoms with Crippen LogP contribution in [0, 0.1) is 0 Å². The van der Waals surface area contributed by atoms with Crippen LogP contribution in [0.2, 0.25) is 0 Å². The molecule has 5 heteroatoms. The molecule has 1 aliphatic carbocycles. The molecule has 1 unspecified atom stereocenters. The summed E-state index contributed by atoms with van der Waals surface area (Å²) in [6, 6.07) is 0.727. The number of hydrogen-bond acceptors (Lipinski definition) is 4. The molecule has 0 aliphatic heterocycles. The zero-order chi connectivity index (χ0) is 15.9. The molecule has 0 saturated heterocycles. The van der Waals surface area contributed by atoms with Gasteiger partial charge in [-0.15, -0.1) is 0 Å². The number of amides is 1. The number of carbonyl (C=O) groups is 1. The van der Waals surface area contributed by atoms with Crippen molar-refractivity contribution in [3.63, 3.8) is 0 Å². The normalized spacial score (nSPS) is 24.4. The third kappa shape index (κ3) is 8.27. The Labute approximate surface area is 128 Å². The van der Waals surface area contributed by atoms with Gasteiger partial charge >= 0.3 is 6.09 Å². The highest BCUT2D eigenvalue weighted by Crippen LogP contribution is 2.19. The Bertz CT molecular complexity index is 307. The number of aliphatic hydroxyl groups is 1. The highest BCUT2D eigenvalue weighted by molar-refractivity contribution is 5.68. The molecule has 0 aromatic rings. The fourth-order valence-corrected chi connectivity index (χ4v) is 2.57. The van der Waals surface area contributed by atoms with E-state index in [1.807, 2.05) is 27.7 Å². The van der Waals surface area contributed by atoms with Crippen molar-refractivity contribution in [3.8, 4) is 0 Å². The third-order valence-corrected chi connectivity index (χ3v) is 3.83. The topological polar surface area (TPSA) is 70.6 Å². The molecule has 0 heterocycles. The minimum atomic E-state index is -0.442. The van der Waals surface area contributed by atoms with Crippen LogP contribution >= 0.6 is 0 Å². The van der Waals surface area contributed by atoms with Crippen molar-refractivity contribution in [2.75, 3.05) is 6.54 Å². The van der Waals surface area contributed by atoms with Crippen molar-refractivity contribution in [1.82, 2.24) is 10.6 Å². The van der Waals surface area contributed by atoms with Gasteiger partial charge in [-0.05, 0) is 65.8 Å². The fraction of sp³-hybridized carbons (Fsp3) is 0.938. The highest BCUT2D eigenvalue weighted by atomic mass is 16.6. The van der Waals surface area contributed by atoms with E-state index in [0.717, 1.165) is 45.1 Å².